The van der Waals surface area contributed by atoms with Crippen LogP contribution in [-0.4, -0.2) is 50.0 Å². The highest BCUT2D eigenvalue weighted by Gasteiger charge is 2.14. The Kier molecular flexibility index (Phi) is 6.50. The molecule has 1 amide bonds. The number of fused-ring (bicyclic) bond motifs is 1. The number of benzene rings is 2. The summed E-state index contributed by atoms with van der Waals surface area (Å²) in [5.74, 6) is 2.80. The predicted molar refractivity (Wildman–Crippen MR) is 107 cm³/mol. The molecule has 144 valence electrons. The fourth-order valence-electron chi connectivity index (χ4n) is 2.81. The summed E-state index contributed by atoms with van der Waals surface area (Å²) in [5.41, 5.74) is 2.34. The molecule has 2 aromatic rings. The normalized spacial score (nSPS) is 12.6. The molecule has 6 heteroatoms. The number of amides is 1. The molecule has 0 N–H and O–H groups in total. The minimum atomic E-state index is 0.0684. The topological polar surface area (TPSA) is 48.0 Å². The summed E-state index contributed by atoms with van der Waals surface area (Å²) in [5, 5.41) is 0. The van der Waals surface area contributed by atoms with Crippen molar-refractivity contribution in [3.8, 4) is 17.2 Å². The van der Waals surface area contributed by atoms with Crippen molar-refractivity contribution in [2.24, 2.45) is 0 Å². The molecular weight excluding hydrogens is 362 g/mol. The predicted octanol–water partition coefficient (Wildman–Crippen LogP) is 3.70. The van der Waals surface area contributed by atoms with Crippen LogP contribution in [0.15, 0.2) is 41.3 Å². The first-order valence-corrected chi connectivity index (χ1v) is 9.97. The first-order chi connectivity index (χ1) is 13.0. The average Bonchev–Trinajstić information content (AvgIpc) is 2.65. The lowest BCUT2D eigenvalue weighted by Gasteiger charge is -2.19. The van der Waals surface area contributed by atoms with Crippen LogP contribution in [0.4, 0.5) is 0 Å². The molecule has 27 heavy (non-hydrogen) atoms. The zero-order valence-corrected chi connectivity index (χ0v) is 16.8. The minimum Gasteiger partial charge on any atom is -0.492 e. The van der Waals surface area contributed by atoms with Crippen LogP contribution >= 0.6 is 11.8 Å². The lowest BCUT2D eigenvalue weighted by atomic mass is 10.1. The Morgan fingerprint density at radius 1 is 1.07 bits per heavy atom. The van der Waals surface area contributed by atoms with Gasteiger partial charge in [0.15, 0.2) is 11.5 Å². The van der Waals surface area contributed by atoms with Gasteiger partial charge in [-0.1, -0.05) is 6.07 Å². The fourth-order valence-corrected chi connectivity index (χ4v) is 3.68. The van der Waals surface area contributed by atoms with Crippen molar-refractivity contribution in [3.05, 3.63) is 47.5 Å². The van der Waals surface area contributed by atoms with Gasteiger partial charge in [-0.15, -0.1) is 11.8 Å². The van der Waals surface area contributed by atoms with E-state index < -0.39 is 0 Å². The van der Waals surface area contributed by atoms with Gasteiger partial charge in [-0.05, 0) is 55.3 Å². The quantitative estimate of drug-likeness (QED) is 0.678. The smallest absolute Gasteiger partial charge is 0.232 e. The van der Waals surface area contributed by atoms with Crippen molar-refractivity contribution < 1.29 is 19.0 Å². The van der Waals surface area contributed by atoms with Crippen LogP contribution in [0.25, 0.3) is 0 Å². The van der Waals surface area contributed by atoms with E-state index in [1.165, 1.54) is 22.9 Å². The summed E-state index contributed by atoms with van der Waals surface area (Å²) in [6.45, 7) is 6.25. The van der Waals surface area contributed by atoms with Crippen molar-refractivity contribution in [2.75, 3.05) is 39.2 Å². The number of hydrogen-bond acceptors (Lipinski definition) is 5. The maximum atomic E-state index is 12.3. The van der Waals surface area contributed by atoms with E-state index in [-0.39, 0.29) is 5.91 Å². The Balaban J connectivity index is 1.43. The van der Waals surface area contributed by atoms with E-state index in [4.69, 9.17) is 14.2 Å². The molecule has 0 radical (unpaired) electrons. The van der Waals surface area contributed by atoms with Gasteiger partial charge in [-0.2, -0.15) is 0 Å². The third-order valence-electron chi connectivity index (χ3n) is 4.19. The Labute approximate surface area is 164 Å². The maximum absolute atomic E-state index is 12.3. The highest BCUT2D eigenvalue weighted by atomic mass is 32.2. The number of rotatable bonds is 7. The van der Waals surface area contributed by atoms with Crippen LogP contribution in [0, 0.1) is 13.8 Å². The molecule has 2 aromatic carbocycles. The molecule has 0 bridgehead atoms. The number of likely N-dealkylation sites (N-methyl/N-ethyl adjacent to an activating group) is 1. The van der Waals surface area contributed by atoms with Crippen molar-refractivity contribution in [2.45, 2.75) is 18.7 Å². The van der Waals surface area contributed by atoms with Gasteiger partial charge in [0.2, 0.25) is 5.91 Å². The van der Waals surface area contributed by atoms with Crippen molar-refractivity contribution in [1.82, 2.24) is 4.90 Å². The van der Waals surface area contributed by atoms with Crippen molar-refractivity contribution in [3.63, 3.8) is 0 Å². The molecule has 0 spiro atoms. The Morgan fingerprint density at radius 2 is 1.78 bits per heavy atom. The highest BCUT2D eigenvalue weighted by Crippen LogP contribution is 2.34. The molecule has 1 aliphatic rings. The Bertz CT molecular complexity index is 789. The highest BCUT2D eigenvalue weighted by molar-refractivity contribution is 8.00. The lowest BCUT2D eigenvalue weighted by Crippen LogP contribution is -2.32. The standard InChI is InChI=1S/C21H25NO4S/c1-15-10-16(2)12-17(11-15)24-7-6-22(3)21(23)14-27-18-4-5-19-20(13-18)26-9-8-25-19/h4-5,10-13H,6-9,14H2,1-3H3. The zero-order chi connectivity index (χ0) is 19.2. The molecule has 0 saturated heterocycles. The van der Waals surface area contributed by atoms with Gasteiger partial charge in [-0.25, -0.2) is 0 Å². The fraction of sp³-hybridized carbons (Fsp3) is 0.381. The van der Waals surface area contributed by atoms with E-state index >= 15 is 0 Å². The molecule has 0 aromatic heterocycles. The molecule has 3 rings (SSSR count). The molecule has 5 nitrogen and oxygen atoms in total. The van der Waals surface area contributed by atoms with Gasteiger partial charge in [-0.3, -0.25) is 4.79 Å². The molecule has 0 atom stereocenters. The van der Waals surface area contributed by atoms with Crippen molar-refractivity contribution in [1.29, 1.82) is 0 Å². The largest absolute Gasteiger partial charge is 0.492 e. The molecular formula is C21H25NO4S. The van der Waals surface area contributed by atoms with E-state index in [9.17, 15) is 4.79 Å². The third-order valence-corrected chi connectivity index (χ3v) is 5.17. The number of carbonyl (C=O) groups is 1. The summed E-state index contributed by atoms with van der Waals surface area (Å²) >= 11 is 1.50. The third kappa shape index (κ3) is 5.57. The number of hydrogen-bond donors (Lipinski definition) is 0. The van der Waals surface area contributed by atoms with Crippen LogP contribution in [0.2, 0.25) is 0 Å². The molecule has 0 aliphatic carbocycles. The SMILES string of the molecule is Cc1cc(C)cc(OCCN(C)C(=O)CSc2ccc3c(c2)OCCO3)c1. The number of ether oxygens (including phenoxy) is 3. The van der Waals surface area contributed by atoms with E-state index in [1.54, 1.807) is 11.9 Å². The van der Waals surface area contributed by atoms with Gasteiger partial charge in [0.1, 0.15) is 25.6 Å². The summed E-state index contributed by atoms with van der Waals surface area (Å²) in [4.78, 5) is 15.0. The Morgan fingerprint density at radius 3 is 2.52 bits per heavy atom. The van der Waals surface area contributed by atoms with Crippen LogP contribution < -0.4 is 14.2 Å². The van der Waals surface area contributed by atoms with E-state index in [0.29, 0.717) is 32.1 Å². The van der Waals surface area contributed by atoms with Crippen LogP contribution in [0.3, 0.4) is 0 Å². The summed E-state index contributed by atoms with van der Waals surface area (Å²) in [6, 6.07) is 11.9. The number of nitrogens with zero attached hydrogens (tertiary/aromatic N) is 1. The van der Waals surface area contributed by atoms with Gasteiger partial charge in [0.25, 0.3) is 0 Å². The number of thioether (sulfide) groups is 1. The maximum Gasteiger partial charge on any atom is 0.232 e. The van der Waals surface area contributed by atoms with E-state index in [2.05, 4.69) is 6.07 Å². The molecule has 1 heterocycles. The van der Waals surface area contributed by atoms with Crippen LogP contribution in [-0.2, 0) is 4.79 Å². The van der Waals surface area contributed by atoms with Crippen molar-refractivity contribution >= 4 is 17.7 Å². The molecule has 0 unspecified atom stereocenters. The molecule has 0 saturated carbocycles. The second-order valence-corrected chi connectivity index (χ2v) is 7.63. The second-order valence-electron chi connectivity index (χ2n) is 6.58. The first-order valence-electron chi connectivity index (χ1n) is 8.99. The van der Waals surface area contributed by atoms with Crippen LogP contribution in [0.1, 0.15) is 11.1 Å². The first kappa shape index (κ1) is 19.4. The van der Waals surface area contributed by atoms with E-state index in [1.807, 2.05) is 44.2 Å². The Hall–Kier alpha value is -2.34. The van der Waals surface area contributed by atoms with E-state index in [0.717, 1.165) is 22.1 Å². The summed E-state index contributed by atoms with van der Waals surface area (Å²) in [7, 11) is 1.80. The zero-order valence-electron chi connectivity index (χ0n) is 16.0. The van der Waals surface area contributed by atoms with Gasteiger partial charge in [0.05, 0.1) is 12.3 Å². The monoisotopic (exact) mass is 387 g/mol. The van der Waals surface area contributed by atoms with Crippen LogP contribution in [0.5, 0.6) is 17.2 Å². The molecule has 1 aliphatic heterocycles. The second kappa shape index (κ2) is 9.04. The minimum absolute atomic E-state index is 0.0684. The average molecular weight is 388 g/mol. The summed E-state index contributed by atoms with van der Waals surface area (Å²) in [6.07, 6.45) is 0. The van der Waals surface area contributed by atoms with Gasteiger partial charge < -0.3 is 19.1 Å². The number of carbonyl (C=O) groups excluding carboxylic acids is 1. The lowest BCUT2D eigenvalue weighted by molar-refractivity contribution is -0.127. The van der Waals surface area contributed by atoms with Gasteiger partial charge in [0, 0.05) is 11.9 Å². The molecule has 0 fully saturated rings. The van der Waals surface area contributed by atoms with Gasteiger partial charge >= 0.3 is 0 Å². The number of aryl methyl sites for hydroxylation is 2. The summed E-state index contributed by atoms with van der Waals surface area (Å²) < 4.78 is 16.9.